The fourth-order valence-corrected chi connectivity index (χ4v) is 1.60. The molecule has 1 rings (SSSR count). The van der Waals surface area contributed by atoms with E-state index in [1.165, 1.54) is 5.56 Å². The predicted octanol–water partition coefficient (Wildman–Crippen LogP) is 3.01. The molecule has 0 atom stereocenters. The standard InChI is InChI=1S/C11H14NS/c1-3-9-12-11(13-2)10-7-5-4-6-8-10/h4-5,7-8H,3,9H2,1-2H3/b12-11+. The van der Waals surface area contributed by atoms with Gasteiger partial charge in [0.2, 0.25) is 0 Å². The first kappa shape index (κ1) is 10.3. The van der Waals surface area contributed by atoms with Gasteiger partial charge in [0.15, 0.2) is 0 Å². The lowest BCUT2D eigenvalue weighted by molar-refractivity contribution is 0.936. The Balaban J connectivity index is 2.78. The number of hydrogen-bond donors (Lipinski definition) is 0. The molecule has 1 radical (unpaired) electrons. The molecule has 1 nitrogen and oxygen atoms in total. The maximum absolute atomic E-state index is 4.49. The second kappa shape index (κ2) is 5.81. The van der Waals surface area contributed by atoms with Crippen molar-refractivity contribution in [1.82, 2.24) is 0 Å². The van der Waals surface area contributed by atoms with Crippen LogP contribution < -0.4 is 0 Å². The third kappa shape index (κ3) is 3.23. The fourth-order valence-electron chi connectivity index (χ4n) is 1.01. The van der Waals surface area contributed by atoms with Crippen LogP contribution in [0, 0.1) is 6.07 Å². The average molecular weight is 192 g/mol. The summed E-state index contributed by atoms with van der Waals surface area (Å²) in [6, 6.07) is 11.0. The predicted molar refractivity (Wildman–Crippen MR) is 60.5 cm³/mol. The summed E-state index contributed by atoms with van der Waals surface area (Å²) in [6.07, 6.45) is 3.15. The second-order valence-corrected chi connectivity index (χ2v) is 3.48. The summed E-state index contributed by atoms with van der Waals surface area (Å²) in [5, 5.41) is 1.11. The van der Waals surface area contributed by atoms with Gasteiger partial charge in [-0.05, 0) is 24.8 Å². The van der Waals surface area contributed by atoms with Crippen LogP contribution in [-0.2, 0) is 0 Å². The molecule has 0 bridgehead atoms. The molecule has 0 amide bonds. The van der Waals surface area contributed by atoms with Crippen molar-refractivity contribution in [1.29, 1.82) is 0 Å². The Morgan fingerprint density at radius 1 is 1.62 bits per heavy atom. The average Bonchev–Trinajstić information content (AvgIpc) is 2.21. The van der Waals surface area contributed by atoms with E-state index in [1.807, 2.05) is 18.2 Å². The molecule has 0 saturated heterocycles. The minimum atomic E-state index is 0.908. The van der Waals surface area contributed by atoms with Crippen molar-refractivity contribution >= 4 is 16.8 Å². The third-order valence-electron chi connectivity index (χ3n) is 1.63. The lowest BCUT2D eigenvalue weighted by Crippen LogP contribution is -1.95. The van der Waals surface area contributed by atoms with Crippen LogP contribution in [0.25, 0.3) is 0 Å². The molecule has 0 saturated carbocycles. The van der Waals surface area contributed by atoms with Gasteiger partial charge in [-0.3, -0.25) is 4.99 Å². The van der Waals surface area contributed by atoms with Crippen LogP contribution >= 0.6 is 11.8 Å². The zero-order valence-electron chi connectivity index (χ0n) is 8.08. The molecule has 0 aliphatic heterocycles. The maximum atomic E-state index is 4.49. The summed E-state index contributed by atoms with van der Waals surface area (Å²) in [6.45, 7) is 3.05. The van der Waals surface area contributed by atoms with Gasteiger partial charge in [0.05, 0.1) is 5.04 Å². The molecule has 0 aliphatic carbocycles. The molecule has 69 valence electrons. The molecule has 2 heteroatoms. The van der Waals surface area contributed by atoms with Gasteiger partial charge < -0.3 is 0 Å². The number of nitrogens with zero attached hydrogens (tertiary/aromatic N) is 1. The Morgan fingerprint density at radius 3 is 3.00 bits per heavy atom. The molecule has 0 aromatic heterocycles. The molecule has 1 aromatic rings. The first-order valence-corrected chi connectivity index (χ1v) is 5.66. The van der Waals surface area contributed by atoms with Gasteiger partial charge in [-0.25, -0.2) is 0 Å². The van der Waals surface area contributed by atoms with Gasteiger partial charge in [0.25, 0.3) is 0 Å². The Hall–Kier alpha value is -0.760. The van der Waals surface area contributed by atoms with E-state index in [9.17, 15) is 0 Å². The van der Waals surface area contributed by atoms with Gasteiger partial charge >= 0.3 is 0 Å². The van der Waals surface area contributed by atoms with Gasteiger partial charge in [-0.1, -0.05) is 25.1 Å². The molecular weight excluding hydrogens is 178 g/mol. The van der Waals surface area contributed by atoms with Crippen LogP contribution in [0.5, 0.6) is 0 Å². The van der Waals surface area contributed by atoms with Crippen molar-refractivity contribution in [2.45, 2.75) is 13.3 Å². The highest BCUT2D eigenvalue weighted by molar-refractivity contribution is 8.13. The summed E-state index contributed by atoms with van der Waals surface area (Å²) >= 11 is 1.69. The quantitative estimate of drug-likeness (QED) is 0.529. The Kier molecular flexibility index (Phi) is 4.61. The van der Waals surface area contributed by atoms with Crippen LogP contribution in [0.15, 0.2) is 29.3 Å². The smallest absolute Gasteiger partial charge is 0.0974 e. The third-order valence-corrected chi connectivity index (χ3v) is 2.38. The van der Waals surface area contributed by atoms with E-state index < -0.39 is 0 Å². The van der Waals surface area contributed by atoms with Crippen LogP contribution in [0.4, 0.5) is 0 Å². The van der Waals surface area contributed by atoms with Crippen LogP contribution in [0.2, 0.25) is 0 Å². The van der Waals surface area contributed by atoms with Crippen molar-refractivity contribution in [2.75, 3.05) is 12.8 Å². The van der Waals surface area contributed by atoms with Crippen molar-refractivity contribution < 1.29 is 0 Å². The number of aliphatic imine (C=N–C) groups is 1. The van der Waals surface area contributed by atoms with Crippen LogP contribution in [0.3, 0.4) is 0 Å². The number of thioether (sulfide) groups is 1. The molecule has 0 fully saturated rings. The summed E-state index contributed by atoms with van der Waals surface area (Å²) in [7, 11) is 0. The molecule has 1 aromatic carbocycles. The molecule has 0 N–H and O–H groups in total. The molecule has 0 unspecified atom stereocenters. The molecule has 13 heavy (non-hydrogen) atoms. The van der Waals surface area contributed by atoms with Crippen LogP contribution in [-0.4, -0.2) is 17.8 Å². The first-order valence-electron chi connectivity index (χ1n) is 4.43. The minimum absolute atomic E-state index is 0.908. The van der Waals surface area contributed by atoms with E-state index in [4.69, 9.17) is 0 Å². The van der Waals surface area contributed by atoms with Gasteiger partial charge in [0, 0.05) is 12.1 Å². The van der Waals surface area contributed by atoms with Crippen molar-refractivity contribution in [2.24, 2.45) is 4.99 Å². The van der Waals surface area contributed by atoms with Crippen molar-refractivity contribution in [3.05, 3.63) is 35.9 Å². The topological polar surface area (TPSA) is 12.4 Å². The highest BCUT2D eigenvalue weighted by atomic mass is 32.2. The normalized spacial score (nSPS) is 11.7. The fraction of sp³-hybridized carbons (Fsp3) is 0.364. The molecular formula is C11H14NS. The SMILES string of the molecule is CCC/N=C(/SC)c1c[c]ccc1. The van der Waals surface area contributed by atoms with E-state index in [1.54, 1.807) is 11.8 Å². The minimum Gasteiger partial charge on any atom is -0.278 e. The summed E-state index contributed by atoms with van der Waals surface area (Å²) in [5.41, 5.74) is 1.17. The summed E-state index contributed by atoms with van der Waals surface area (Å²) in [5.74, 6) is 0. The largest absolute Gasteiger partial charge is 0.278 e. The van der Waals surface area contributed by atoms with Gasteiger partial charge in [-0.2, -0.15) is 0 Å². The maximum Gasteiger partial charge on any atom is 0.0974 e. The second-order valence-electron chi connectivity index (χ2n) is 2.68. The van der Waals surface area contributed by atoms with Crippen molar-refractivity contribution in [3.8, 4) is 0 Å². The van der Waals surface area contributed by atoms with Crippen molar-refractivity contribution in [3.63, 3.8) is 0 Å². The molecule has 0 aliphatic rings. The van der Waals surface area contributed by atoms with Crippen LogP contribution in [0.1, 0.15) is 18.9 Å². The van der Waals surface area contributed by atoms with E-state index >= 15 is 0 Å². The highest BCUT2D eigenvalue weighted by Gasteiger charge is 1.98. The highest BCUT2D eigenvalue weighted by Crippen LogP contribution is 2.10. The zero-order chi connectivity index (χ0) is 9.52. The van der Waals surface area contributed by atoms with Gasteiger partial charge in [-0.15, -0.1) is 11.8 Å². The first-order chi connectivity index (χ1) is 6.38. The van der Waals surface area contributed by atoms with Gasteiger partial charge in [0.1, 0.15) is 0 Å². The molecule has 0 spiro atoms. The monoisotopic (exact) mass is 192 g/mol. The Bertz CT molecular complexity index is 267. The lowest BCUT2D eigenvalue weighted by atomic mass is 10.2. The lowest BCUT2D eigenvalue weighted by Gasteiger charge is -2.01. The number of hydrogen-bond acceptors (Lipinski definition) is 2. The molecule has 0 heterocycles. The zero-order valence-corrected chi connectivity index (χ0v) is 8.90. The van der Waals surface area contributed by atoms with E-state index in [0.717, 1.165) is 18.0 Å². The Labute approximate surface area is 84.3 Å². The summed E-state index contributed by atoms with van der Waals surface area (Å²) in [4.78, 5) is 4.49. The van der Waals surface area contributed by atoms with E-state index in [-0.39, 0.29) is 0 Å². The summed E-state index contributed by atoms with van der Waals surface area (Å²) < 4.78 is 0. The van der Waals surface area contributed by atoms with E-state index in [2.05, 4.69) is 30.3 Å². The van der Waals surface area contributed by atoms with E-state index in [0.29, 0.717) is 0 Å². The Morgan fingerprint density at radius 2 is 2.46 bits per heavy atom. The number of rotatable bonds is 3. The number of benzene rings is 1.